The molecule has 1 atom stereocenters. The van der Waals surface area contributed by atoms with Gasteiger partial charge in [-0.15, -0.1) is 0 Å². The van der Waals surface area contributed by atoms with Gasteiger partial charge in [-0.25, -0.2) is 0 Å². The molecule has 2 N–H and O–H groups in total. The zero-order chi connectivity index (χ0) is 9.07. The van der Waals surface area contributed by atoms with E-state index in [1.54, 1.807) is 0 Å². The fourth-order valence-corrected chi connectivity index (χ4v) is 0.506. The Kier molecular flexibility index (Phi) is 3.31. The Morgan fingerprint density at radius 1 is 1.64 bits per heavy atom. The highest BCUT2D eigenvalue weighted by Crippen LogP contribution is 2.25. The van der Waals surface area contributed by atoms with Gasteiger partial charge in [-0.2, -0.15) is 13.2 Å². The van der Waals surface area contributed by atoms with Crippen LogP contribution in [0.3, 0.4) is 0 Å². The predicted molar refractivity (Wildman–Crippen MR) is 30.6 cm³/mol. The number of alkyl halides is 3. The molecule has 0 amide bonds. The number of nitrogens with two attached hydrogens (primary N) is 1. The summed E-state index contributed by atoms with van der Waals surface area (Å²) in [6.45, 7) is -0.782. The summed E-state index contributed by atoms with van der Waals surface area (Å²) >= 11 is 0. The van der Waals surface area contributed by atoms with E-state index in [0.717, 1.165) is 7.11 Å². The third kappa shape index (κ3) is 2.75. The molecule has 0 aromatic rings. The predicted octanol–water partition coefficient (Wildman–Crippen LogP) is 0.297. The molecule has 0 heterocycles. The summed E-state index contributed by atoms with van der Waals surface area (Å²) in [4.78, 5) is 10.4. The van der Waals surface area contributed by atoms with Gasteiger partial charge in [0.2, 0.25) is 0 Å². The van der Waals surface area contributed by atoms with E-state index in [4.69, 9.17) is 5.73 Å². The molecular formula is C5H8F3NO2. The lowest BCUT2D eigenvalue weighted by molar-refractivity contribution is -0.193. The molecule has 0 fully saturated rings. The van der Waals surface area contributed by atoms with Gasteiger partial charge >= 0.3 is 12.1 Å². The summed E-state index contributed by atoms with van der Waals surface area (Å²) in [5, 5.41) is 0. The molecule has 3 nitrogen and oxygen atoms in total. The van der Waals surface area contributed by atoms with Crippen molar-refractivity contribution in [2.45, 2.75) is 6.18 Å². The molecule has 0 aromatic heterocycles. The maximum Gasteiger partial charge on any atom is 0.403 e. The third-order valence-corrected chi connectivity index (χ3v) is 1.12. The largest absolute Gasteiger partial charge is 0.469 e. The molecule has 0 aliphatic rings. The zero-order valence-electron chi connectivity index (χ0n) is 5.81. The van der Waals surface area contributed by atoms with Crippen LogP contribution in [-0.2, 0) is 9.53 Å². The lowest BCUT2D eigenvalue weighted by atomic mass is 10.1. The molecule has 0 aliphatic heterocycles. The number of esters is 1. The monoisotopic (exact) mass is 171 g/mol. The van der Waals surface area contributed by atoms with E-state index < -0.39 is 24.6 Å². The van der Waals surface area contributed by atoms with Crippen LogP contribution in [0.15, 0.2) is 0 Å². The van der Waals surface area contributed by atoms with Crippen LogP contribution in [0.4, 0.5) is 13.2 Å². The average molecular weight is 171 g/mol. The van der Waals surface area contributed by atoms with Crippen LogP contribution in [0, 0.1) is 5.92 Å². The topological polar surface area (TPSA) is 52.3 Å². The van der Waals surface area contributed by atoms with E-state index in [1.807, 2.05) is 0 Å². The normalized spacial score (nSPS) is 14.3. The number of hydrogen-bond acceptors (Lipinski definition) is 3. The van der Waals surface area contributed by atoms with Gasteiger partial charge in [0.15, 0.2) is 5.92 Å². The molecule has 66 valence electrons. The van der Waals surface area contributed by atoms with Crippen molar-refractivity contribution < 1.29 is 22.7 Å². The highest BCUT2D eigenvalue weighted by Gasteiger charge is 2.44. The molecule has 0 bridgehead atoms. The van der Waals surface area contributed by atoms with Crippen LogP contribution in [0.1, 0.15) is 0 Å². The summed E-state index contributed by atoms with van der Waals surface area (Å²) < 4.78 is 39.2. The van der Waals surface area contributed by atoms with Crippen molar-refractivity contribution >= 4 is 5.97 Å². The van der Waals surface area contributed by atoms with Gasteiger partial charge < -0.3 is 10.5 Å². The van der Waals surface area contributed by atoms with E-state index in [0.29, 0.717) is 0 Å². The van der Waals surface area contributed by atoms with Crippen LogP contribution in [0.5, 0.6) is 0 Å². The molecule has 0 aliphatic carbocycles. The Morgan fingerprint density at radius 3 is 2.18 bits per heavy atom. The van der Waals surface area contributed by atoms with Crippen molar-refractivity contribution in [3.63, 3.8) is 0 Å². The minimum atomic E-state index is -4.61. The van der Waals surface area contributed by atoms with Crippen LogP contribution < -0.4 is 5.73 Å². The van der Waals surface area contributed by atoms with Crippen molar-refractivity contribution in [1.29, 1.82) is 0 Å². The Balaban J connectivity index is 4.29. The number of rotatable bonds is 2. The number of halogens is 3. The number of carbonyl (C=O) groups excluding carboxylic acids is 1. The molecule has 0 radical (unpaired) electrons. The lowest BCUT2D eigenvalue weighted by Gasteiger charge is -2.14. The zero-order valence-corrected chi connectivity index (χ0v) is 5.81. The van der Waals surface area contributed by atoms with E-state index in [-0.39, 0.29) is 0 Å². The first-order chi connectivity index (χ1) is 4.93. The second kappa shape index (κ2) is 3.56. The lowest BCUT2D eigenvalue weighted by Crippen LogP contribution is -2.37. The van der Waals surface area contributed by atoms with Gasteiger partial charge in [0.25, 0.3) is 0 Å². The Morgan fingerprint density at radius 2 is 2.09 bits per heavy atom. The maximum atomic E-state index is 11.8. The maximum absolute atomic E-state index is 11.8. The second-order valence-electron chi connectivity index (χ2n) is 1.85. The second-order valence-corrected chi connectivity index (χ2v) is 1.85. The molecule has 0 aromatic carbocycles. The standard InChI is InChI=1S/C5H8F3NO2/c1-11-4(10)3(2-9)5(6,7)8/h3H,2,9H2,1H3/t3-/m0/s1. The molecule has 0 spiro atoms. The minimum Gasteiger partial charge on any atom is -0.469 e. The SMILES string of the molecule is COC(=O)[C@H](CN)C(F)(F)F. The average Bonchev–Trinajstić information content (AvgIpc) is 1.86. The first-order valence-electron chi connectivity index (χ1n) is 2.78. The Hall–Kier alpha value is -0.780. The van der Waals surface area contributed by atoms with E-state index >= 15 is 0 Å². The number of methoxy groups -OCH3 is 1. The fourth-order valence-electron chi connectivity index (χ4n) is 0.506. The van der Waals surface area contributed by atoms with Crippen molar-refractivity contribution in [1.82, 2.24) is 0 Å². The highest BCUT2D eigenvalue weighted by atomic mass is 19.4. The Bertz CT molecular complexity index is 145. The molecule has 0 saturated carbocycles. The van der Waals surface area contributed by atoms with Gasteiger partial charge in [0.1, 0.15) is 0 Å². The van der Waals surface area contributed by atoms with Crippen LogP contribution in [0.2, 0.25) is 0 Å². The van der Waals surface area contributed by atoms with Gasteiger partial charge in [0.05, 0.1) is 7.11 Å². The summed E-state index contributed by atoms with van der Waals surface area (Å²) in [6, 6.07) is 0. The molecule has 11 heavy (non-hydrogen) atoms. The van der Waals surface area contributed by atoms with E-state index in [2.05, 4.69) is 4.74 Å². The molecular weight excluding hydrogens is 163 g/mol. The summed E-state index contributed by atoms with van der Waals surface area (Å²) in [7, 11) is 0.886. The molecule has 0 saturated heterocycles. The first-order valence-corrected chi connectivity index (χ1v) is 2.78. The van der Waals surface area contributed by atoms with Crippen molar-refractivity contribution in [3.05, 3.63) is 0 Å². The third-order valence-electron chi connectivity index (χ3n) is 1.12. The summed E-state index contributed by atoms with van der Waals surface area (Å²) in [5.41, 5.74) is 4.71. The van der Waals surface area contributed by atoms with Crippen molar-refractivity contribution in [2.24, 2.45) is 11.7 Å². The minimum absolute atomic E-state index is 0.782. The molecule has 0 rings (SSSR count). The first kappa shape index (κ1) is 10.2. The summed E-state index contributed by atoms with van der Waals surface area (Å²) in [6.07, 6.45) is -4.61. The van der Waals surface area contributed by atoms with E-state index in [9.17, 15) is 18.0 Å². The smallest absolute Gasteiger partial charge is 0.403 e. The highest BCUT2D eigenvalue weighted by molar-refractivity contribution is 5.73. The number of carbonyl (C=O) groups is 1. The van der Waals surface area contributed by atoms with Crippen LogP contribution in [0.25, 0.3) is 0 Å². The van der Waals surface area contributed by atoms with Gasteiger partial charge in [-0.3, -0.25) is 4.79 Å². The molecule has 6 heteroatoms. The number of hydrogen-bond donors (Lipinski definition) is 1. The molecule has 0 unspecified atom stereocenters. The van der Waals surface area contributed by atoms with Gasteiger partial charge in [0, 0.05) is 6.54 Å². The van der Waals surface area contributed by atoms with E-state index in [1.165, 1.54) is 0 Å². The van der Waals surface area contributed by atoms with Gasteiger partial charge in [-0.05, 0) is 0 Å². The number of ether oxygens (including phenoxy) is 1. The van der Waals surface area contributed by atoms with Gasteiger partial charge in [-0.1, -0.05) is 0 Å². The quantitative estimate of drug-likeness (QED) is 0.608. The Labute approximate surface area is 61.3 Å². The van der Waals surface area contributed by atoms with Crippen molar-refractivity contribution in [2.75, 3.05) is 13.7 Å². The fraction of sp³-hybridized carbons (Fsp3) is 0.800. The van der Waals surface area contributed by atoms with Crippen molar-refractivity contribution in [3.8, 4) is 0 Å². The van der Waals surface area contributed by atoms with Crippen LogP contribution in [-0.4, -0.2) is 25.8 Å². The van der Waals surface area contributed by atoms with Crippen LogP contribution >= 0.6 is 0 Å². The summed E-state index contributed by atoms with van der Waals surface area (Å²) in [5.74, 6) is -3.55.